The van der Waals surface area contributed by atoms with E-state index < -0.39 is 0 Å². The summed E-state index contributed by atoms with van der Waals surface area (Å²) < 4.78 is 40.3. The number of aryl methyl sites for hydroxylation is 2. The molecule has 4 rings (SSSR count). The van der Waals surface area contributed by atoms with Crippen LogP contribution in [0.1, 0.15) is 115 Å². The fourth-order valence-corrected chi connectivity index (χ4v) is 6.97. The van der Waals surface area contributed by atoms with E-state index in [9.17, 15) is 8.78 Å². The van der Waals surface area contributed by atoms with E-state index in [4.69, 9.17) is 9.31 Å². The second kappa shape index (κ2) is 15.7. The average Bonchev–Trinajstić information content (AvgIpc) is 2.95. The molecule has 0 saturated heterocycles. The predicted molar refractivity (Wildman–Crippen MR) is 159 cm³/mol. The molecule has 0 aliphatic heterocycles. The van der Waals surface area contributed by atoms with Crippen LogP contribution in [-0.2, 0) is 12.8 Å². The first-order chi connectivity index (χ1) is 19.0. The Morgan fingerprint density at radius 1 is 0.590 bits per heavy atom. The van der Waals surface area contributed by atoms with Crippen LogP contribution in [0.3, 0.4) is 0 Å². The molecular weight excluding hydrogens is 489 g/mol. The van der Waals surface area contributed by atoms with Crippen molar-refractivity contribution < 1.29 is 18.1 Å². The van der Waals surface area contributed by atoms with Crippen LogP contribution in [0, 0.1) is 35.3 Å². The normalized spacial score (nSPS) is 23.4. The number of hydrogen-bond acceptors (Lipinski definition) is 2. The molecule has 0 heterocycles. The molecule has 0 spiro atoms. The summed E-state index contributed by atoms with van der Waals surface area (Å²) in [5.41, 5.74) is 2.01. The van der Waals surface area contributed by atoms with Crippen LogP contribution < -0.4 is 9.31 Å². The number of halogens is 2. The SMILES string of the molecule is CCCC1CCC(CCc2ccc(OBOc3ccc(CCC4CCC(CCC)CC4)cc3F)c(F)c2)CC1. The van der Waals surface area contributed by atoms with Crippen LogP contribution in [0.5, 0.6) is 11.5 Å². The molecule has 0 N–H and O–H groups in total. The monoisotopic (exact) mass is 538 g/mol. The zero-order valence-corrected chi connectivity index (χ0v) is 24.4. The Hall–Kier alpha value is -2.04. The Kier molecular flexibility index (Phi) is 12.0. The van der Waals surface area contributed by atoms with Gasteiger partial charge in [-0.1, -0.05) is 103 Å². The Balaban J connectivity index is 1.16. The van der Waals surface area contributed by atoms with E-state index in [0.717, 1.165) is 60.5 Å². The quantitative estimate of drug-likeness (QED) is 0.223. The molecule has 39 heavy (non-hydrogen) atoms. The third kappa shape index (κ3) is 9.53. The van der Waals surface area contributed by atoms with Gasteiger partial charge in [-0.3, -0.25) is 0 Å². The minimum Gasteiger partial charge on any atom is -0.526 e. The third-order valence-corrected chi connectivity index (χ3v) is 9.43. The van der Waals surface area contributed by atoms with Gasteiger partial charge in [0.25, 0.3) is 0 Å². The molecule has 0 aromatic heterocycles. The summed E-state index contributed by atoms with van der Waals surface area (Å²) in [6, 6.07) is 10.4. The molecular formula is C34H49BF2O2. The molecule has 2 aliphatic carbocycles. The largest absolute Gasteiger partial charge is 0.576 e. The zero-order valence-electron chi connectivity index (χ0n) is 24.4. The van der Waals surface area contributed by atoms with Crippen LogP contribution >= 0.6 is 0 Å². The summed E-state index contributed by atoms with van der Waals surface area (Å²) in [5.74, 6) is 2.87. The van der Waals surface area contributed by atoms with E-state index in [0.29, 0.717) is 0 Å². The molecule has 0 amide bonds. The topological polar surface area (TPSA) is 18.5 Å². The van der Waals surface area contributed by atoms with Gasteiger partial charge in [0.15, 0.2) is 11.6 Å². The molecule has 2 fully saturated rings. The lowest BCUT2D eigenvalue weighted by Gasteiger charge is -2.28. The van der Waals surface area contributed by atoms with Crippen molar-refractivity contribution in [2.75, 3.05) is 0 Å². The maximum absolute atomic E-state index is 14.7. The Labute approximate surface area is 236 Å². The minimum atomic E-state index is -0.387. The van der Waals surface area contributed by atoms with E-state index in [2.05, 4.69) is 13.8 Å². The number of hydrogen-bond donors (Lipinski definition) is 0. The van der Waals surface area contributed by atoms with E-state index in [1.807, 2.05) is 12.1 Å². The molecule has 0 radical (unpaired) electrons. The summed E-state index contributed by atoms with van der Waals surface area (Å²) in [4.78, 5) is 0. The Bertz CT molecular complexity index is 917. The maximum atomic E-state index is 14.7. The first kappa shape index (κ1) is 29.9. The smallest absolute Gasteiger partial charge is 0.526 e. The molecule has 2 nitrogen and oxygen atoms in total. The molecule has 2 saturated carbocycles. The molecule has 2 aliphatic rings. The van der Waals surface area contributed by atoms with Gasteiger partial charge in [-0.25, -0.2) is 8.78 Å². The highest BCUT2D eigenvalue weighted by Gasteiger charge is 2.22. The van der Waals surface area contributed by atoms with E-state index in [1.165, 1.54) is 77.0 Å². The summed E-state index contributed by atoms with van der Waals surface area (Å²) in [7, 11) is -0.228. The van der Waals surface area contributed by atoms with Crippen LogP contribution in [0.25, 0.3) is 0 Å². The highest BCUT2D eigenvalue weighted by atomic mass is 19.1. The minimum absolute atomic E-state index is 0.143. The van der Waals surface area contributed by atoms with Gasteiger partial charge < -0.3 is 9.31 Å². The van der Waals surface area contributed by atoms with E-state index in [1.54, 1.807) is 24.3 Å². The zero-order chi connectivity index (χ0) is 27.5. The fraction of sp³-hybridized carbons (Fsp3) is 0.647. The van der Waals surface area contributed by atoms with Gasteiger partial charge in [0.05, 0.1) is 0 Å². The fourth-order valence-electron chi connectivity index (χ4n) is 6.97. The molecule has 214 valence electrons. The van der Waals surface area contributed by atoms with Crippen LogP contribution in [0.2, 0.25) is 0 Å². The van der Waals surface area contributed by atoms with Crippen molar-refractivity contribution in [2.24, 2.45) is 23.7 Å². The van der Waals surface area contributed by atoms with Gasteiger partial charge in [0.2, 0.25) is 0 Å². The molecule has 2 aromatic rings. The third-order valence-electron chi connectivity index (χ3n) is 9.43. The highest BCUT2D eigenvalue weighted by molar-refractivity contribution is 6.20. The van der Waals surface area contributed by atoms with Crippen molar-refractivity contribution >= 4 is 7.69 Å². The van der Waals surface area contributed by atoms with E-state index in [-0.39, 0.29) is 30.8 Å². The van der Waals surface area contributed by atoms with Gasteiger partial charge in [0.1, 0.15) is 11.5 Å². The van der Waals surface area contributed by atoms with Crippen LogP contribution in [0.4, 0.5) is 8.78 Å². The second-order valence-corrected chi connectivity index (χ2v) is 12.4. The molecule has 0 unspecified atom stereocenters. The highest BCUT2D eigenvalue weighted by Crippen LogP contribution is 2.35. The summed E-state index contributed by atoms with van der Waals surface area (Å²) in [6.07, 6.45) is 20.0. The first-order valence-electron chi connectivity index (χ1n) is 15.9. The molecule has 5 heteroatoms. The molecule has 0 atom stereocenters. The second-order valence-electron chi connectivity index (χ2n) is 12.4. The van der Waals surface area contributed by atoms with E-state index >= 15 is 0 Å². The first-order valence-corrected chi connectivity index (χ1v) is 15.9. The lowest BCUT2D eigenvalue weighted by molar-refractivity contribution is 0.252. The Morgan fingerprint density at radius 3 is 1.28 bits per heavy atom. The van der Waals surface area contributed by atoms with Crippen molar-refractivity contribution in [1.82, 2.24) is 0 Å². The molecule has 2 aromatic carbocycles. The van der Waals surface area contributed by atoms with Gasteiger partial charge in [-0.05, 0) is 84.7 Å². The van der Waals surface area contributed by atoms with Gasteiger partial charge >= 0.3 is 7.69 Å². The van der Waals surface area contributed by atoms with Crippen molar-refractivity contribution in [2.45, 2.75) is 117 Å². The summed E-state index contributed by atoms with van der Waals surface area (Å²) in [6.45, 7) is 4.55. The molecule has 0 bridgehead atoms. The number of benzene rings is 2. The maximum Gasteiger partial charge on any atom is 0.576 e. The van der Waals surface area contributed by atoms with Gasteiger partial charge in [0, 0.05) is 0 Å². The van der Waals surface area contributed by atoms with Crippen molar-refractivity contribution in [1.29, 1.82) is 0 Å². The van der Waals surface area contributed by atoms with Gasteiger partial charge in [-0.15, -0.1) is 0 Å². The lowest BCUT2D eigenvalue weighted by Crippen LogP contribution is -2.15. The van der Waals surface area contributed by atoms with Crippen molar-refractivity contribution in [3.05, 3.63) is 59.2 Å². The number of rotatable bonds is 14. The lowest BCUT2D eigenvalue weighted by atomic mass is 9.78. The van der Waals surface area contributed by atoms with Crippen molar-refractivity contribution in [3.63, 3.8) is 0 Å². The summed E-state index contributed by atoms with van der Waals surface area (Å²) in [5, 5.41) is 0. The van der Waals surface area contributed by atoms with Crippen LogP contribution in [-0.4, -0.2) is 7.69 Å². The summed E-state index contributed by atoms with van der Waals surface area (Å²) >= 11 is 0. The van der Waals surface area contributed by atoms with Gasteiger partial charge in [-0.2, -0.15) is 0 Å². The Morgan fingerprint density at radius 2 is 0.949 bits per heavy atom. The van der Waals surface area contributed by atoms with Crippen molar-refractivity contribution in [3.8, 4) is 11.5 Å². The van der Waals surface area contributed by atoms with Crippen LogP contribution in [0.15, 0.2) is 36.4 Å². The predicted octanol–water partition coefficient (Wildman–Crippen LogP) is 9.77. The standard InChI is InChI=1S/C34H49BF2O2/c1-3-5-25-7-11-27(12-8-25)15-17-29-19-21-33(31(36)23-29)38-35-39-34-22-20-30(24-32(34)37)18-16-28-13-9-26(6-4-2)10-14-28/h19-28,35H,3-18H2,1-2H3. The average molecular weight is 539 g/mol.